The highest BCUT2D eigenvalue weighted by Crippen LogP contribution is 2.21. The fourth-order valence-electron chi connectivity index (χ4n) is 2.01. The Morgan fingerprint density at radius 2 is 2.09 bits per heavy atom. The average Bonchev–Trinajstić information content (AvgIpc) is 2.73. The van der Waals surface area contributed by atoms with E-state index in [1.54, 1.807) is 26.0 Å². The number of nitrogens with zero attached hydrogens (tertiary/aromatic N) is 2. The number of rotatable bonds is 5. The summed E-state index contributed by atoms with van der Waals surface area (Å²) < 4.78 is 14.4. The van der Waals surface area contributed by atoms with E-state index in [1.165, 1.54) is 16.8 Å². The van der Waals surface area contributed by atoms with Crippen molar-refractivity contribution in [2.45, 2.75) is 26.5 Å². The van der Waals surface area contributed by atoms with Crippen LogP contribution in [-0.2, 0) is 6.54 Å². The summed E-state index contributed by atoms with van der Waals surface area (Å²) in [5.41, 5.74) is 1.60. The molecule has 1 atom stereocenters. The largest absolute Gasteiger partial charge is 0.392 e. The lowest BCUT2D eigenvalue weighted by Gasteiger charge is -2.07. The van der Waals surface area contributed by atoms with Crippen LogP contribution in [0.2, 0.25) is 5.15 Å². The van der Waals surface area contributed by atoms with Crippen LogP contribution < -0.4 is 5.32 Å². The fraction of sp³-hybridized carbons (Fsp3) is 0.333. The maximum Gasteiger partial charge on any atom is 0.256 e. The predicted octanol–water partition coefficient (Wildman–Crippen LogP) is 2.14. The number of aromatic nitrogens is 2. The zero-order valence-corrected chi connectivity index (χ0v) is 13.1. The number of benzene rings is 1. The predicted molar refractivity (Wildman–Crippen MR) is 81.5 cm³/mol. The minimum Gasteiger partial charge on any atom is -0.392 e. The first-order valence-corrected chi connectivity index (χ1v) is 7.20. The van der Waals surface area contributed by atoms with Gasteiger partial charge >= 0.3 is 0 Å². The summed E-state index contributed by atoms with van der Waals surface area (Å²) in [5, 5.41) is 16.3. The number of halogens is 2. The molecular weight excluding hydrogens is 309 g/mol. The highest BCUT2D eigenvalue weighted by atomic mass is 35.5. The standard InChI is InChI=1S/C15H17ClFN3O2/c1-9(21)7-18-15(22)13-10(2)19-20(14(13)16)8-11-3-5-12(17)6-4-11/h3-6,9,21H,7-8H2,1-2H3,(H,18,22). The smallest absolute Gasteiger partial charge is 0.256 e. The van der Waals surface area contributed by atoms with E-state index in [1.807, 2.05) is 0 Å². The highest BCUT2D eigenvalue weighted by Gasteiger charge is 2.20. The van der Waals surface area contributed by atoms with Gasteiger partial charge in [-0.25, -0.2) is 9.07 Å². The summed E-state index contributed by atoms with van der Waals surface area (Å²) in [7, 11) is 0. The normalized spacial score (nSPS) is 12.2. The molecule has 2 N–H and O–H groups in total. The Morgan fingerprint density at radius 3 is 2.68 bits per heavy atom. The van der Waals surface area contributed by atoms with Gasteiger partial charge in [0.2, 0.25) is 0 Å². The number of carbonyl (C=O) groups excluding carboxylic acids is 1. The monoisotopic (exact) mass is 325 g/mol. The molecule has 118 valence electrons. The van der Waals surface area contributed by atoms with Crippen LogP contribution in [0, 0.1) is 12.7 Å². The molecule has 5 nitrogen and oxygen atoms in total. The molecule has 1 unspecified atom stereocenters. The van der Waals surface area contributed by atoms with Gasteiger partial charge < -0.3 is 10.4 Å². The van der Waals surface area contributed by atoms with Crippen molar-refractivity contribution in [2.75, 3.05) is 6.54 Å². The molecule has 1 aromatic carbocycles. The van der Waals surface area contributed by atoms with Crippen LogP contribution in [0.15, 0.2) is 24.3 Å². The molecule has 1 aromatic heterocycles. The maximum absolute atomic E-state index is 12.9. The zero-order chi connectivity index (χ0) is 16.3. The maximum atomic E-state index is 12.9. The molecule has 0 aliphatic carbocycles. The molecule has 0 saturated carbocycles. The molecule has 2 aromatic rings. The Bertz CT molecular complexity index is 668. The molecule has 2 rings (SSSR count). The van der Waals surface area contributed by atoms with E-state index in [2.05, 4.69) is 10.4 Å². The number of hydrogen-bond acceptors (Lipinski definition) is 3. The highest BCUT2D eigenvalue weighted by molar-refractivity contribution is 6.33. The molecule has 1 heterocycles. The van der Waals surface area contributed by atoms with Gasteiger partial charge in [-0.3, -0.25) is 4.79 Å². The summed E-state index contributed by atoms with van der Waals surface area (Å²) in [6.45, 7) is 3.73. The lowest BCUT2D eigenvalue weighted by Crippen LogP contribution is -2.30. The van der Waals surface area contributed by atoms with Crippen LogP contribution in [0.1, 0.15) is 28.5 Å². The Morgan fingerprint density at radius 1 is 1.45 bits per heavy atom. The number of aliphatic hydroxyl groups excluding tert-OH is 1. The molecule has 7 heteroatoms. The Balaban J connectivity index is 2.19. The first kappa shape index (κ1) is 16.5. The molecule has 22 heavy (non-hydrogen) atoms. The SMILES string of the molecule is Cc1nn(Cc2ccc(F)cc2)c(Cl)c1C(=O)NCC(C)O. The van der Waals surface area contributed by atoms with Crippen molar-refractivity contribution >= 4 is 17.5 Å². The summed E-state index contributed by atoms with van der Waals surface area (Å²) in [4.78, 5) is 12.1. The molecule has 0 aliphatic heterocycles. The van der Waals surface area contributed by atoms with E-state index in [9.17, 15) is 14.3 Å². The second-order valence-electron chi connectivity index (χ2n) is 5.09. The minimum absolute atomic E-state index is 0.137. The van der Waals surface area contributed by atoms with Gasteiger partial charge in [-0.2, -0.15) is 5.10 Å². The first-order valence-electron chi connectivity index (χ1n) is 6.82. The van der Waals surface area contributed by atoms with E-state index in [0.717, 1.165) is 5.56 Å². The van der Waals surface area contributed by atoms with Crippen molar-refractivity contribution in [1.29, 1.82) is 0 Å². The topological polar surface area (TPSA) is 67.2 Å². The van der Waals surface area contributed by atoms with Crippen molar-refractivity contribution in [3.63, 3.8) is 0 Å². The molecule has 0 aliphatic rings. The lowest BCUT2D eigenvalue weighted by atomic mass is 10.2. The molecule has 0 bridgehead atoms. The van der Waals surface area contributed by atoms with Crippen molar-refractivity contribution < 1.29 is 14.3 Å². The van der Waals surface area contributed by atoms with Gasteiger partial charge in [0.25, 0.3) is 5.91 Å². The van der Waals surface area contributed by atoms with Gasteiger partial charge in [0, 0.05) is 6.54 Å². The van der Waals surface area contributed by atoms with Crippen molar-refractivity contribution in [2.24, 2.45) is 0 Å². The van der Waals surface area contributed by atoms with E-state index in [4.69, 9.17) is 11.6 Å². The third-order valence-electron chi connectivity index (χ3n) is 3.10. The number of hydrogen-bond donors (Lipinski definition) is 2. The van der Waals surface area contributed by atoms with Gasteiger partial charge in [-0.15, -0.1) is 0 Å². The first-order chi connectivity index (χ1) is 10.4. The van der Waals surface area contributed by atoms with E-state index >= 15 is 0 Å². The minimum atomic E-state index is -0.641. The van der Waals surface area contributed by atoms with Gasteiger partial charge in [-0.05, 0) is 31.5 Å². The van der Waals surface area contributed by atoms with Crippen LogP contribution in [0.4, 0.5) is 4.39 Å². The summed E-state index contributed by atoms with van der Waals surface area (Å²) >= 11 is 6.22. The fourth-order valence-corrected chi connectivity index (χ4v) is 2.33. The second kappa shape index (κ2) is 6.89. The summed E-state index contributed by atoms with van der Waals surface area (Å²) in [6, 6.07) is 5.98. The number of amides is 1. The molecule has 1 amide bonds. The number of nitrogens with one attached hydrogen (secondary N) is 1. The third-order valence-corrected chi connectivity index (χ3v) is 3.48. The van der Waals surface area contributed by atoms with E-state index < -0.39 is 6.10 Å². The van der Waals surface area contributed by atoms with Crippen LogP contribution in [0.3, 0.4) is 0 Å². The Hall–Kier alpha value is -1.92. The van der Waals surface area contributed by atoms with Crippen molar-refractivity contribution in [3.8, 4) is 0 Å². The summed E-state index contributed by atoms with van der Waals surface area (Å²) in [6.07, 6.45) is -0.641. The van der Waals surface area contributed by atoms with Crippen molar-refractivity contribution in [3.05, 3.63) is 52.1 Å². The van der Waals surface area contributed by atoms with Gasteiger partial charge in [0.05, 0.1) is 23.9 Å². The van der Waals surface area contributed by atoms with Gasteiger partial charge in [0.15, 0.2) is 0 Å². The van der Waals surface area contributed by atoms with E-state index in [0.29, 0.717) is 12.2 Å². The number of aryl methyl sites for hydroxylation is 1. The van der Waals surface area contributed by atoms with Crippen LogP contribution in [0.25, 0.3) is 0 Å². The zero-order valence-electron chi connectivity index (χ0n) is 12.3. The number of aliphatic hydroxyl groups is 1. The van der Waals surface area contributed by atoms with Crippen LogP contribution in [0.5, 0.6) is 0 Å². The van der Waals surface area contributed by atoms with E-state index in [-0.39, 0.29) is 29.0 Å². The van der Waals surface area contributed by atoms with Crippen LogP contribution in [-0.4, -0.2) is 33.4 Å². The molecule has 0 radical (unpaired) electrons. The lowest BCUT2D eigenvalue weighted by molar-refractivity contribution is 0.0923. The third kappa shape index (κ3) is 3.84. The summed E-state index contributed by atoms with van der Waals surface area (Å²) in [5.74, 6) is -0.696. The Kier molecular flexibility index (Phi) is 5.15. The molecule has 0 spiro atoms. The van der Waals surface area contributed by atoms with Crippen LogP contribution >= 0.6 is 11.6 Å². The second-order valence-corrected chi connectivity index (χ2v) is 5.45. The van der Waals surface area contributed by atoms with Gasteiger partial charge in [-0.1, -0.05) is 23.7 Å². The van der Waals surface area contributed by atoms with Crippen molar-refractivity contribution in [1.82, 2.24) is 15.1 Å². The molecule has 0 fully saturated rings. The van der Waals surface area contributed by atoms with Gasteiger partial charge in [0.1, 0.15) is 11.0 Å². The molecule has 0 saturated heterocycles. The quantitative estimate of drug-likeness (QED) is 0.885. The number of carbonyl (C=O) groups is 1. The Labute approximate surface area is 132 Å². The molecular formula is C15H17ClFN3O2. The average molecular weight is 326 g/mol.